The fourth-order valence-electron chi connectivity index (χ4n) is 2.36. The summed E-state index contributed by atoms with van der Waals surface area (Å²) in [6.07, 6.45) is 2.15. The third-order valence-corrected chi connectivity index (χ3v) is 3.41. The Labute approximate surface area is 104 Å². The third-order valence-electron chi connectivity index (χ3n) is 3.41. The van der Waals surface area contributed by atoms with Crippen LogP contribution in [-0.2, 0) is 17.7 Å². The molecule has 1 fully saturated rings. The standard InChI is InChI=1S/C12H18N2O4/c1-3-8-9(15)13-11(17)14(10(8)16)7-12(2)5-4-6-18-12/h16H,3-7H2,1-2H3,(H,13,15,17). The second-order valence-corrected chi connectivity index (χ2v) is 4.90. The molecule has 1 aliphatic heterocycles. The van der Waals surface area contributed by atoms with Crippen LogP contribution in [0.1, 0.15) is 32.3 Å². The summed E-state index contributed by atoms with van der Waals surface area (Å²) in [5.74, 6) is -0.247. The Morgan fingerprint density at radius 2 is 2.22 bits per heavy atom. The molecule has 0 aliphatic carbocycles. The number of nitrogens with zero attached hydrogens (tertiary/aromatic N) is 1. The van der Waals surface area contributed by atoms with Crippen molar-refractivity contribution in [2.24, 2.45) is 0 Å². The second kappa shape index (κ2) is 4.61. The van der Waals surface area contributed by atoms with Crippen molar-refractivity contribution in [2.75, 3.05) is 6.61 Å². The number of nitrogens with one attached hydrogen (secondary N) is 1. The van der Waals surface area contributed by atoms with Crippen molar-refractivity contribution in [1.29, 1.82) is 0 Å². The first-order valence-electron chi connectivity index (χ1n) is 6.16. The topological polar surface area (TPSA) is 84.3 Å². The van der Waals surface area contributed by atoms with E-state index in [-0.39, 0.29) is 18.0 Å². The average molecular weight is 254 g/mol. The van der Waals surface area contributed by atoms with Crippen LogP contribution in [0, 0.1) is 0 Å². The molecule has 1 aliphatic rings. The maximum Gasteiger partial charge on any atom is 0.331 e. The van der Waals surface area contributed by atoms with Crippen LogP contribution in [0.4, 0.5) is 0 Å². The van der Waals surface area contributed by atoms with Gasteiger partial charge in [-0.25, -0.2) is 4.79 Å². The number of rotatable bonds is 3. The molecule has 6 heteroatoms. The maximum atomic E-state index is 11.8. The molecule has 18 heavy (non-hydrogen) atoms. The van der Waals surface area contributed by atoms with E-state index in [0.717, 1.165) is 12.8 Å². The zero-order chi connectivity index (χ0) is 13.3. The molecule has 1 atom stereocenters. The summed E-state index contributed by atoms with van der Waals surface area (Å²) in [4.78, 5) is 25.5. The molecule has 2 N–H and O–H groups in total. The highest BCUT2D eigenvalue weighted by atomic mass is 16.5. The fraction of sp³-hybridized carbons (Fsp3) is 0.667. The normalized spacial score (nSPS) is 23.4. The Balaban J connectivity index is 2.45. The molecule has 1 saturated heterocycles. The minimum Gasteiger partial charge on any atom is -0.494 e. The Bertz CT molecular complexity index is 552. The summed E-state index contributed by atoms with van der Waals surface area (Å²) in [6, 6.07) is 0. The molecule has 0 amide bonds. The van der Waals surface area contributed by atoms with Gasteiger partial charge in [0.15, 0.2) is 0 Å². The van der Waals surface area contributed by atoms with E-state index in [1.807, 2.05) is 6.92 Å². The number of aromatic hydroxyl groups is 1. The number of aromatic amines is 1. The molecule has 1 aromatic rings. The van der Waals surface area contributed by atoms with Crippen LogP contribution in [0.15, 0.2) is 9.59 Å². The van der Waals surface area contributed by atoms with Gasteiger partial charge in [-0.05, 0) is 26.2 Å². The number of ether oxygens (including phenoxy) is 1. The third kappa shape index (κ3) is 2.20. The molecular weight excluding hydrogens is 236 g/mol. The SMILES string of the molecule is CCc1c(O)n(CC2(C)CCCO2)c(=O)[nH]c1=O. The molecule has 1 aromatic heterocycles. The fourth-order valence-corrected chi connectivity index (χ4v) is 2.36. The predicted octanol–water partition coefficient (Wildman–Crippen LogP) is 0.374. The second-order valence-electron chi connectivity index (χ2n) is 4.90. The quantitative estimate of drug-likeness (QED) is 0.816. The molecule has 0 aromatic carbocycles. The summed E-state index contributed by atoms with van der Waals surface area (Å²) in [5, 5.41) is 10.0. The van der Waals surface area contributed by atoms with Crippen LogP contribution in [0.25, 0.3) is 0 Å². The van der Waals surface area contributed by atoms with E-state index in [1.165, 1.54) is 4.57 Å². The van der Waals surface area contributed by atoms with Crippen molar-refractivity contribution < 1.29 is 9.84 Å². The molecular formula is C12H18N2O4. The van der Waals surface area contributed by atoms with Gasteiger partial charge in [-0.3, -0.25) is 14.3 Å². The predicted molar refractivity (Wildman–Crippen MR) is 66.0 cm³/mol. The molecule has 0 radical (unpaired) electrons. The van der Waals surface area contributed by atoms with Crippen LogP contribution >= 0.6 is 0 Å². The van der Waals surface area contributed by atoms with E-state index >= 15 is 0 Å². The van der Waals surface area contributed by atoms with Gasteiger partial charge in [-0.15, -0.1) is 0 Å². The van der Waals surface area contributed by atoms with Crippen molar-refractivity contribution in [3.8, 4) is 5.88 Å². The van der Waals surface area contributed by atoms with Gasteiger partial charge in [0, 0.05) is 6.61 Å². The van der Waals surface area contributed by atoms with E-state index in [2.05, 4.69) is 4.98 Å². The van der Waals surface area contributed by atoms with Gasteiger partial charge in [0.2, 0.25) is 5.88 Å². The average Bonchev–Trinajstić information content (AvgIpc) is 2.72. The van der Waals surface area contributed by atoms with Gasteiger partial charge in [0.05, 0.1) is 17.7 Å². The zero-order valence-corrected chi connectivity index (χ0v) is 10.7. The molecule has 0 saturated carbocycles. The number of hydrogen-bond donors (Lipinski definition) is 2. The minimum atomic E-state index is -0.591. The lowest BCUT2D eigenvalue weighted by Gasteiger charge is -2.24. The van der Waals surface area contributed by atoms with Crippen LogP contribution in [0.3, 0.4) is 0 Å². The summed E-state index contributed by atoms with van der Waals surface area (Å²) in [5.41, 5.74) is -1.33. The van der Waals surface area contributed by atoms with Crippen molar-refractivity contribution in [2.45, 2.75) is 45.3 Å². The Hall–Kier alpha value is -1.56. The molecule has 0 spiro atoms. The largest absolute Gasteiger partial charge is 0.494 e. The molecule has 1 unspecified atom stereocenters. The van der Waals surface area contributed by atoms with Gasteiger partial charge in [0.1, 0.15) is 0 Å². The summed E-state index contributed by atoms with van der Waals surface area (Å²) < 4.78 is 6.78. The first-order valence-corrected chi connectivity index (χ1v) is 6.16. The zero-order valence-electron chi connectivity index (χ0n) is 10.7. The highest BCUT2D eigenvalue weighted by molar-refractivity contribution is 5.22. The van der Waals surface area contributed by atoms with Crippen LogP contribution < -0.4 is 11.2 Å². The highest BCUT2D eigenvalue weighted by Crippen LogP contribution is 2.27. The molecule has 2 rings (SSSR count). The van der Waals surface area contributed by atoms with Gasteiger partial charge in [-0.1, -0.05) is 6.92 Å². The van der Waals surface area contributed by atoms with E-state index in [1.54, 1.807) is 6.92 Å². The number of aromatic nitrogens is 2. The van der Waals surface area contributed by atoms with E-state index < -0.39 is 16.9 Å². The summed E-state index contributed by atoms with van der Waals surface area (Å²) in [6.45, 7) is 4.58. The van der Waals surface area contributed by atoms with Gasteiger partial charge < -0.3 is 9.84 Å². The van der Waals surface area contributed by atoms with Crippen molar-refractivity contribution in [3.05, 3.63) is 26.4 Å². The number of H-pyrrole nitrogens is 1. The van der Waals surface area contributed by atoms with Gasteiger partial charge in [0.25, 0.3) is 5.56 Å². The smallest absolute Gasteiger partial charge is 0.331 e. The molecule has 6 nitrogen and oxygen atoms in total. The van der Waals surface area contributed by atoms with Gasteiger partial charge in [-0.2, -0.15) is 0 Å². The van der Waals surface area contributed by atoms with E-state index in [9.17, 15) is 14.7 Å². The van der Waals surface area contributed by atoms with E-state index in [4.69, 9.17) is 4.74 Å². The Morgan fingerprint density at radius 3 is 2.78 bits per heavy atom. The van der Waals surface area contributed by atoms with Crippen molar-refractivity contribution >= 4 is 0 Å². The van der Waals surface area contributed by atoms with Crippen LogP contribution in [-0.4, -0.2) is 26.9 Å². The van der Waals surface area contributed by atoms with Crippen molar-refractivity contribution in [1.82, 2.24) is 9.55 Å². The maximum absolute atomic E-state index is 11.8. The lowest BCUT2D eigenvalue weighted by Crippen LogP contribution is -2.39. The lowest BCUT2D eigenvalue weighted by molar-refractivity contribution is 0.00349. The Morgan fingerprint density at radius 1 is 1.50 bits per heavy atom. The van der Waals surface area contributed by atoms with Crippen LogP contribution in [0.2, 0.25) is 0 Å². The van der Waals surface area contributed by atoms with Crippen LogP contribution in [0.5, 0.6) is 5.88 Å². The summed E-state index contributed by atoms with van der Waals surface area (Å²) >= 11 is 0. The Kier molecular flexibility index (Phi) is 3.30. The molecule has 0 bridgehead atoms. The summed E-state index contributed by atoms with van der Waals surface area (Å²) in [7, 11) is 0. The van der Waals surface area contributed by atoms with E-state index in [0.29, 0.717) is 13.0 Å². The molecule has 100 valence electrons. The van der Waals surface area contributed by atoms with Gasteiger partial charge >= 0.3 is 5.69 Å². The first kappa shape index (κ1) is 12.9. The lowest BCUT2D eigenvalue weighted by atomic mass is 10.0. The highest BCUT2D eigenvalue weighted by Gasteiger charge is 2.31. The monoisotopic (exact) mass is 254 g/mol. The minimum absolute atomic E-state index is 0.233. The first-order chi connectivity index (χ1) is 8.47. The van der Waals surface area contributed by atoms with Crippen molar-refractivity contribution in [3.63, 3.8) is 0 Å². The molecule has 2 heterocycles. The number of hydrogen-bond acceptors (Lipinski definition) is 4.